The third-order valence-electron chi connectivity index (χ3n) is 2.68. The number of carbonyl (C=O) groups excluding carboxylic acids is 2. The van der Waals surface area contributed by atoms with Crippen molar-refractivity contribution in [2.45, 2.75) is 31.5 Å². The van der Waals surface area contributed by atoms with Gasteiger partial charge >= 0.3 is 18.2 Å². The molecule has 0 radical (unpaired) electrons. The molecule has 1 saturated heterocycles. The Labute approximate surface area is 102 Å². The Kier molecular flexibility index (Phi) is 4.80. The summed E-state index contributed by atoms with van der Waals surface area (Å²) in [5, 5.41) is 1.76. The second-order valence-corrected chi connectivity index (χ2v) is 4.00. The predicted octanol–water partition coefficient (Wildman–Crippen LogP) is 1.29. The van der Waals surface area contributed by atoms with Crippen LogP contribution >= 0.6 is 0 Å². The van der Waals surface area contributed by atoms with E-state index in [1.54, 1.807) is 5.32 Å². The fourth-order valence-corrected chi connectivity index (χ4v) is 1.83. The maximum Gasteiger partial charge on any atom is 0.405 e. The zero-order valence-electron chi connectivity index (χ0n) is 9.92. The lowest BCUT2D eigenvalue weighted by atomic mass is 10.0. The zero-order chi connectivity index (χ0) is 13.8. The van der Waals surface area contributed by atoms with Crippen molar-refractivity contribution in [3.8, 4) is 0 Å². The van der Waals surface area contributed by atoms with Crippen LogP contribution in [0.15, 0.2) is 0 Å². The van der Waals surface area contributed by atoms with Crippen LogP contribution in [0.2, 0.25) is 0 Å². The van der Waals surface area contributed by atoms with E-state index < -0.39 is 30.8 Å². The van der Waals surface area contributed by atoms with Gasteiger partial charge in [-0.05, 0) is 19.3 Å². The minimum atomic E-state index is -4.47. The third kappa shape index (κ3) is 4.08. The van der Waals surface area contributed by atoms with Crippen molar-refractivity contribution in [1.82, 2.24) is 10.2 Å². The Balaban J connectivity index is 2.60. The first-order valence-electron chi connectivity index (χ1n) is 5.54. The molecule has 1 aliphatic rings. The summed E-state index contributed by atoms with van der Waals surface area (Å²) in [7, 11) is 1.18. The molecule has 1 atom stereocenters. The molecule has 0 unspecified atom stereocenters. The molecule has 1 N–H and O–H groups in total. The predicted molar refractivity (Wildman–Crippen MR) is 55.8 cm³/mol. The number of ether oxygens (including phenoxy) is 1. The van der Waals surface area contributed by atoms with Gasteiger partial charge in [-0.25, -0.2) is 9.59 Å². The summed E-state index contributed by atoms with van der Waals surface area (Å²) in [6.45, 7) is -1.15. The molecule has 0 aromatic carbocycles. The summed E-state index contributed by atoms with van der Waals surface area (Å²) in [6.07, 6.45) is -2.66. The van der Waals surface area contributed by atoms with Gasteiger partial charge in [0.1, 0.15) is 12.6 Å². The first-order chi connectivity index (χ1) is 8.35. The number of nitrogens with one attached hydrogen (secondary N) is 1. The molecule has 1 rings (SSSR count). The number of esters is 1. The van der Waals surface area contributed by atoms with Crippen LogP contribution in [0.25, 0.3) is 0 Å². The number of carbonyl (C=O) groups is 2. The van der Waals surface area contributed by atoms with Gasteiger partial charge in [0.2, 0.25) is 0 Å². The molecule has 18 heavy (non-hydrogen) atoms. The molecule has 0 aliphatic carbocycles. The lowest BCUT2D eigenvalue weighted by Gasteiger charge is -2.33. The van der Waals surface area contributed by atoms with Crippen molar-refractivity contribution in [1.29, 1.82) is 0 Å². The van der Waals surface area contributed by atoms with E-state index in [4.69, 9.17) is 0 Å². The largest absolute Gasteiger partial charge is 0.467 e. The minimum absolute atomic E-state index is 0.253. The highest BCUT2D eigenvalue weighted by Gasteiger charge is 2.35. The third-order valence-corrected chi connectivity index (χ3v) is 2.68. The topological polar surface area (TPSA) is 58.6 Å². The van der Waals surface area contributed by atoms with Gasteiger partial charge in [-0.1, -0.05) is 0 Å². The number of alkyl halides is 3. The molecule has 0 bridgehead atoms. The number of halogens is 3. The highest BCUT2D eigenvalue weighted by Crippen LogP contribution is 2.19. The highest BCUT2D eigenvalue weighted by atomic mass is 19.4. The van der Waals surface area contributed by atoms with Crippen LogP contribution in [0.3, 0.4) is 0 Å². The average Bonchev–Trinajstić information content (AvgIpc) is 2.34. The lowest BCUT2D eigenvalue weighted by Crippen LogP contribution is -2.53. The second kappa shape index (κ2) is 5.92. The summed E-state index contributed by atoms with van der Waals surface area (Å²) < 4.78 is 40.5. The Morgan fingerprint density at radius 3 is 2.61 bits per heavy atom. The van der Waals surface area contributed by atoms with Gasteiger partial charge in [0.15, 0.2) is 0 Å². The molecular formula is C10H15F3N2O3. The van der Waals surface area contributed by atoms with Crippen LogP contribution < -0.4 is 5.32 Å². The minimum Gasteiger partial charge on any atom is -0.467 e. The van der Waals surface area contributed by atoms with E-state index >= 15 is 0 Å². The first-order valence-corrected chi connectivity index (χ1v) is 5.54. The first kappa shape index (κ1) is 14.6. The normalized spacial score (nSPS) is 20.4. The second-order valence-electron chi connectivity index (χ2n) is 4.00. The molecule has 5 nitrogen and oxygen atoms in total. The Hall–Kier alpha value is -1.47. The van der Waals surface area contributed by atoms with Gasteiger partial charge in [-0.3, -0.25) is 0 Å². The van der Waals surface area contributed by atoms with Gasteiger partial charge in [0.05, 0.1) is 7.11 Å². The number of methoxy groups -OCH3 is 1. The number of rotatable bonds is 2. The number of hydrogen-bond acceptors (Lipinski definition) is 3. The lowest BCUT2D eigenvalue weighted by molar-refractivity contribution is -0.147. The van der Waals surface area contributed by atoms with Crippen molar-refractivity contribution in [2.24, 2.45) is 0 Å². The van der Waals surface area contributed by atoms with Crippen LogP contribution in [0.1, 0.15) is 19.3 Å². The molecule has 8 heteroatoms. The SMILES string of the molecule is COC(=O)[C@H]1CCCCN1C(=O)NCC(F)(F)F. The number of amides is 2. The van der Waals surface area contributed by atoms with Gasteiger partial charge in [0, 0.05) is 6.54 Å². The van der Waals surface area contributed by atoms with Gasteiger partial charge in [-0.15, -0.1) is 0 Å². The fourth-order valence-electron chi connectivity index (χ4n) is 1.83. The Morgan fingerprint density at radius 1 is 1.39 bits per heavy atom. The summed E-state index contributed by atoms with van der Waals surface area (Å²) >= 11 is 0. The molecule has 0 spiro atoms. The monoisotopic (exact) mass is 268 g/mol. The van der Waals surface area contributed by atoms with Crippen molar-refractivity contribution in [3.63, 3.8) is 0 Å². The smallest absolute Gasteiger partial charge is 0.405 e. The highest BCUT2D eigenvalue weighted by molar-refractivity contribution is 5.83. The van der Waals surface area contributed by atoms with Crippen molar-refractivity contribution < 1.29 is 27.5 Å². The van der Waals surface area contributed by atoms with Crippen molar-refractivity contribution >= 4 is 12.0 Å². The van der Waals surface area contributed by atoms with Crippen molar-refractivity contribution in [2.75, 3.05) is 20.2 Å². The molecule has 2 amide bonds. The van der Waals surface area contributed by atoms with Crippen LogP contribution in [0, 0.1) is 0 Å². The van der Waals surface area contributed by atoms with E-state index in [0.717, 1.165) is 11.3 Å². The quantitative estimate of drug-likeness (QED) is 0.768. The van der Waals surface area contributed by atoms with Crippen LogP contribution in [0.4, 0.5) is 18.0 Å². The van der Waals surface area contributed by atoms with E-state index in [2.05, 4.69) is 4.74 Å². The van der Waals surface area contributed by atoms with E-state index in [-0.39, 0.29) is 6.54 Å². The molecular weight excluding hydrogens is 253 g/mol. The zero-order valence-corrected chi connectivity index (χ0v) is 9.92. The molecule has 1 heterocycles. The average molecular weight is 268 g/mol. The summed E-state index contributed by atoms with van der Waals surface area (Å²) in [4.78, 5) is 24.1. The molecule has 1 fully saturated rings. The number of urea groups is 1. The van der Waals surface area contributed by atoms with Crippen LogP contribution in [-0.4, -0.2) is 49.3 Å². The van der Waals surface area contributed by atoms with Crippen LogP contribution in [0.5, 0.6) is 0 Å². The number of piperidine rings is 1. The number of hydrogen-bond donors (Lipinski definition) is 1. The van der Waals surface area contributed by atoms with Gasteiger partial charge < -0.3 is 15.0 Å². The van der Waals surface area contributed by atoms with Gasteiger partial charge in [0.25, 0.3) is 0 Å². The Bertz CT molecular complexity index is 320. The Morgan fingerprint density at radius 2 is 2.06 bits per heavy atom. The van der Waals surface area contributed by atoms with Crippen LogP contribution in [-0.2, 0) is 9.53 Å². The molecule has 0 aromatic rings. The number of nitrogens with zero attached hydrogens (tertiary/aromatic N) is 1. The maximum atomic E-state index is 12.0. The molecule has 1 aliphatic heterocycles. The summed E-state index contributed by atoms with van der Waals surface area (Å²) in [5.41, 5.74) is 0. The molecule has 0 saturated carbocycles. The van der Waals surface area contributed by atoms with E-state index in [0.29, 0.717) is 12.8 Å². The summed E-state index contributed by atoms with van der Waals surface area (Å²) in [5.74, 6) is -0.600. The molecule has 104 valence electrons. The van der Waals surface area contributed by atoms with Gasteiger partial charge in [-0.2, -0.15) is 13.2 Å². The standard InChI is InChI=1S/C10H15F3N2O3/c1-18-8(16)7-4-2-3-5-15(7)9(17)14-6-10(11,12)13/h7H,2-6H2,1H3,(H,14,17)/t7-/m1/s1. The van der Waals surface area contributed by atoms with E-state index in [9.17, 15) is 22.8 Å². The molecule has 0 aromatic heterocycles. The van der Waals surface area contributed by atoms with E-state index in [1.165, 1.54) is 7.11 Å². The number of likely N-dealkylation sites (tertiary alicyclic amines) is 1. The summed E-state index contributed by atoms with van der Waals surface area (Å²) in [6, 6.07) is -1.68. The fraction of sp³-hybridized carbons (Fsp3) is 0.800. The van der Waals surface area contributed by atoms with Crippen molar-refractivity contribution in [3.05, 3.63) is 0 Å². The maximum absolute atomic E-state index is 12.0. The van der Waals surface area contributed by atoms with E-state index in [1.807, 2.05) is 0 Å².